The maximum absolute atomic E-state index is 11.8. The summed E-state index contributed by atoms with van der Waals surface area (Å²) in [5.74, 6) is -1.85. The molecule has 124 valence electrons. The van der Waals surface area contributed by atoms with E-state index in [4.69, 9.17) is 16.3 Å². The fraction of sp³-hybridized carbons (Fsp3) is 0.0625. The molecule has 0 unspecified atom stereocenters. The summed E-state index contributed by atoms with van der Waals surface area (Å²) in [6.45, 7) is -0.536. The van der Waals surface area contributed by atoms with Gasteiger partial charge in [-0.3, -0.25) is 20.4 Å². The molecule has 2 rings (SSSR count). The molecule has 0 aliphatic carbocycles. The highest BCUT2D eigenvalue weighted by Crippen LogP contribution is 2.11. The summed E-state index contributed by atoms with van der Waals surface area (Å²) >= 11 is 9.02. The molecule has 0 radical (unpaired) electrons. The molecule has 2 N–H and O–H groups in total. The van der Waals surface area contributed by atoms with Crippen LogP contribution in [0.3, 0.4) is 0 Å². The number of hydrogen-bond acceptors (Lipinski definition) is 4. The van der Waals surface area contributed by atoms with Crippen molar-refractivity contribution in [1.82, 2.24) is 10.9 Å². The second-order valence-electron chi connectivity index (χ2n) is 4.60. The minimum absolute atomic E-state index is 0.231. The van der Waals surface area contributed by atoms with E-state index in [9.17, 15) is 14.4 Å². The molecule has 2 aromatic carbocycles. The first-order valence-electron chi connectivity index (χ1n) is 6.73. The van der Waals surface area contributed by atoms with E-state index in [2.05, 4.69) is 26.8 Å². The normalized spacial score (nSPS) is 9.92. The highest BCUT2D eigenvalue weighted by Gasteiger charge is 2.11. The Kier molecular flexibility index (Phi) is 6.34. The monoisotopic (exact) mass is 410 g/mol. The standard InChI is InChI=1S/C16H12BrClN2O4/c17-12-6-4-10(5-7-12)15(22)20-19-14(21)9-24-16(23)11-2-1-3-13(18)8-11/h1-8H,9H2,(H,19,21)(H,20,22). The van der Waals surface area contributed by atoms with Crippen LogP contribution in [0.4, 0.5) is 0 Å². The maximum atomic E-state index is 11.8. The average Bonchev–Trinajstić information content (AvgIpc) is 2.58. The Labute approximate surface area is 151 Å². The van der Waals surface area contributed by atoms with Gasteiger partial charge in [-0.25, -0.2) is 4.79 Å². The van der Waals surface area contributed by atoms with E-state index >= 15 is 0 Å². The van der Waals surface area contributed by atoms with Crippen LogP contribution in [-0.2, 0) is 9.53 Å². The topological polar surface area (TPSA) is 84.5 Å². The predicted molar refractivity (Wildman–Crippen MR) is 91.5 cm³/mol. The number of carbonyl (C=O) groups excluding carboxylic acids is 3. The van der Waals surface area contributed by atoms with Crippen molar-refractivity contribution in [3.8, 4) is 0 Å². The van der Waals surface area contributed by atoms with Gasteiger partial charge in [0.05, 0.1) is 5.56 Å². The van der Waals surface area contributed by atoms with Crippen molar-refractivity contribution in [1.29, 1.82) is 0 Å². The van der Waals surface area contributed by atoms with Crippen molar-refractivity contribution in [3.63, 3.8) is 0 Å². The number of carbonyl (C=O) groups is 3. The lowest BCUT2D eigenvalue weighted by Gasteiger charge is -2.08. The van der Waals surface area contributed by atoms with E-state index in [1.54, 1.807) is 36.4 Å². The molecule has 0 spiro atoms. The molecular formula is C16H12BrClN2O4. The fourth-order valence-corrected chi connectivity index (χ4v) is 2.12. The van der Waals surface area contributed by atoms with Crippen molar-refractivity contribution < 1.29 is 19.1 Å². The Morgan fingerprint density at radius 1 is 1.00 bits per heavy atom. The van der Waals surface area contributed by atoms with Crippen LogP contribution < -0.4 is 10.9 Å². The Balaban J connectivity index is 1.78. The molecule has 0 heterocycles. The Morgan fingerprint density at radius 3 is 2.38 bits per heavy atom. The molecule has 0 aliphatic heterocycles. The third-order valence-corrected chi connectivity index (χ3v) is 3.58. The zero-order chi connectivity index (χ0) is 17.5. The third-order valence-electron chi connectivity index (χ3n) is 2.82. The smallest absolute Gasteiger partial charge is 0.338 e. The number of halogens is 2. The van der Waals surface area contributed by atoms with E-state index < -0.39 is 24.4 Å². The Morgan fingerprint density at radius 2 is 1.71 bits per heavy atom. The van der Waals surface area contributed by atoms with Crippen LogP contribution in [-0.4, -0.2) is 24.4 Å². The van der Waals surface area contributed by atoms with E-state index in [0.29, 0.717) is 10.6 Å². The molecule has 0 saturated carbocycles. The number of rotatable bonds is 4. The van der Waals surface area contributed by atoms with Crippen molar-refractivity contribution in [2.24, 2.45) is 0 Å². The van der Waals surface area contributed by atoms with Crippen LogP contribution in [0, 0.1) is 0 Å². The quantitative estimate of drug-likeness (QED) is 0.598. The molecular weight excluding hydrogens is 400 g/mol. The number of hydrogen-bond donors (Lipinski definition) is 2. The summed E-state index contributed by atoms with van der Waals surface area (Å²) in [5.41, 5.74) is 4.99. The van der Waals surface area contributed by atoms with Crippen LogP contribution in [0.25, 0.3) is 0 Å². The minimum Gasteiger partial charge on any atom is -0.452 e. The lowest BCUT2D eigenvalue weighted by atomic mass is 10.2. The van der Waals surface area contributed by atoms with Gasteiger partial charge in [0.1, 0.15) is 0 Å². The van der Waals surface area contributed by atoms with Gasteiger partial charge in [0.25, 0.3) is 11.8 Å². The van der Waals surface area contributed by atoms with Crippen molar-refractivity contribution in [2.45, 2.75) is 0 Å². The van der Waals surface area contributed by atoms with Gasteiger partial charge in [0, 0.05) is 15.1 Å². The first-order chi connectivity index (χ1) is 11.5. The first kappa shape index (κ1) is 18.0. The van der Waals surface area contributed by atoms with Crippen LogP contribution in [0.2, 0.25) is 5.02 Å². The van der Waals surface area contributed by atoms with Gasteiger partial charge >= 0.3 is 5.97 Å². The van der Waals surface area contributed by atoms with E-state index in [-0.39, 0.29) is 5.56 Å². The molecule has 8 heteroatoms. The van der Waals surface area contributed by atoms with E-state index in [1.807, 2.05) is 0 Å². The molecule has 0 fully saturated rings. The summed E-state index contributed by atoms with van der Waals surface area (Å²) in [4.78, 5) is 35.1. The van der Waals surface area contributed by atoms with Crippen molar-refractivity contribution in [2.75, 3.05) is 6.61 Å². The largest absolute Gasteiger partial charge is 0.452 e. The van der Waals surface area contributed by atoms with Gasteiger partial charge in [-0.2, -0.15) is 0 Å². The molecule has 0 bridgehead atoms. The summed E-state index contributed by atoms with van der Waals surface area (Å²) < 4.78 is 5.66. The molecule has 0 aliphatic rings. The Hall–Kier alpha value is -2.38. The van der Waals surface area contributed by atoms with Gasteiger partial charge in [0.15, 0.2) is 6.61 Å². The van der Waals surface area contributed by atoms with Crippen LogP contribution in [0.5, 0.6) is 0 Å². The molecule has 0 saturated heterocycles. The SMILES string of the molecule is O=C(COC(=O)c1cccc(Cl)c1)NNC(=O)c1ccc(Br)cc1. The number of hydrazine groups is 1. The van der Waals surface area contributed by atoms with Crippen LogP contribution in [0.15, 0.2) is 53.0 Å². The third kappa shape index (κ3) is 5.36. The average molecular weight is 412 g/mol. The fourth-order valence-electron chi connectivity index (χ4n) is 1.67. The predicted octanol–water partition coefficient (Wildman–Crippen LogP) is 2.72. The zero-order valence-corrected chi connectivity index (χ0v) is 14.6. The van der Waals surface area contributed by atoms with Crippen LogP contribution in [0.1, 0.15) is 20.7 Å². The number of esters is 1. The highest BCUT2D eigenvalue weighted by molar-refractivity contribution is 9.10. The Bertz CT molecular complexity index is 765. The minimum atomic E-state index is -0.688. The molecule has 24 heavy (non-hydrogen) atoms. The van der Waals surface area contributed by atoms with Gasteiger partial charge in [-0.1, -0.05) is 33.6 Å². The maximum Gasteiger partial charge on any atom is 0.338 e. The molecule has 2 amide bonds. The van der Waals surface area contributed by atoms with E-state index in [1.165, 1.54) is 12.1 Å². The summed E-state index contributed by atoms with van der Waals surface area (Å²) in [6, 6.07) is 12.7. The van der Waals surface area contributed by atoms with Gasteiger partial charge in [-0.15, -0.1) is 0 Å². The summed E-state index contributed by atoms with van der Waals surface area (Å²) in [7, 11) is 0. The van der Waals surface area contributed by atoms with Gasteiger partial charge in [-0.05, 0) is 42.5 Å². The lowest BCUT2D eigenvalue weighted by Crippen LogP contribution is -2.43. The van der Waals surface area contributed by atoms with Crippen molar-refractivity contribution >= 4 is 45.3 Å². The highest BCUT2D eigenvalue weighted by atomic mass is 79.9. The second kappa shape index (κ2) is 8.47. The zero-order valence-electron chi connectivity index (χ0n) is 12.2. The molecule has 0 atom stereocenters. The molecule has 0 aromatic heterocycles. The molecule has 2 aromatic rings. The number of benzene rings is 2. The van der Waals surface area contributed by atoms with Crippen molar-refractivity contribution in [3.05, 3.63) is 69.2 Å². The molecule has 6 nitrogen and oxygen atoms in total. The summed E-state index contributed by atoms with van der Waals surface area (Å²) in [6.07, 6.45) is 0. The first-order valence-corrected chi connectivity index (χ1v) is 7.90. The lowest BCUT2D eigenvalue weighted by molar-refractivity contribution is -0.125. The van der Waals surface area contributed by atoms with Gasteiger partial charge < -0.3 is 4.74 Å². The second-order valence-corrected chi connectivity index (χ2v) is 5.95. The van der Waals surface area contributed by atoms with Crippen LogP contribution >= 0.6 is 27.5 Å². The van der Waals surface area contributed by atoms with Gasteiger partial charge in [0.2, 0.25) is 0 Å². The summed E-state index contributed by atoms with van der Waals surface area (Å²) in [5, 5.41) is 0.385. The number of ether oxygens (including phenoxy) is 1. The van der Waals surface area contributed by atoms with E-state index in [0.717, 1.165) is 4.47 Å². The number of nitrogens with one attached hydrogen (secondary N) is 2. The number of amides is 2.